The van der Waals surface area contributed by atoms with Crippen molar-refractivity contribution in [3.8, 4) is 5.75 Å². The summed E-state index contributed by atoms with van der Waals surface area (Å²) in [5, 5.41) is 0.0472. The average molecular weight is 310 g/mol. The Bertz CT molecular complexity index is 676. The number of hydrogen-bond donors (Lipinski definition) is 1. The minimum atomic E-state index is -0.519. The largest absolute Gasteiger partial charge is 0.487 e. The van der Waals surface area contributed by atoms with Crippen LogP contribution in [0.15, 0.2) is 36.4 Å². The summed E-state index contributed by atoms with van der Waals surface area (Å²) in [6, 6.07) is 8.94. The number of halogens is 2. The van der Waals surface area contributed by atoms with E-state index in [2.05, 4.69) is 4.74 Å². The van der Waals surface area contributed by atoms with E-state index in [0.717, 1.165) is 0 Å². The molecule has 0 spiro atoms. The van der Waals surface area contributed by atoms with Gasteiger partial charge in [0, 0.05) is 0 Å². The predicted molar refractivity (Wildman–Crippen MR) is 77.9 cm³/mol. The van der Waals surface area contributed by atoms with E-state index in [9.17, 15) is 9.18 Å². The zero-order valence-electron chi connectivity index (χ0n) is 11.2. The first-order chi connectivity index (χ1) is 10.0. The van der Waals surface area contributed by atoms with Gasteiger partial charge in [0.05, 0.1) is 23.4 Å². The van der Waals surface area contributed by atoms with Crippen LogP contribution in [0.5, 0.6) is 5.75 Å². The topological polar surface area (TPSA) is 61.5 Å². The van der Waals surface area contributed by atoms with Crippen LogP contribution in [0.2, 0.25) is 5.02 Å². The Morgan fingerprint density at radius 3 is 2.71 bits per heavy atom. The van der Waals surface area contributed by atoms with Gasteiger partial charge in [-0.2, -0.15) is 0 Å². The Morgan fingerprint density at radius 1 is 1.29 bits per heavy atom. The minimum Gasteiger partial charge on any atom is -0.487 e. The second-order valence-electron chi connectivity index (χ2n) is 4.28. The molecular formula is C15H13ClFNO3. The van der Waals surface area contributed by atoms with Crippen molar-refractivity contribution in [3.63, 3.8) is 0 Å². The second-order valence-corrected chi connectivity index (χ2v) is 4.69. The summed E-state index contributed by atoms with van der Waals surface area (Å²) < 4.78 is 23.5. The maximum atomic E-state index is 13.3. The van der Waals surface area contributed by atoms with Gasteiger partial charge in [-0.15, -0.1) is 0 Å². The molecule has 0 amide bonds. The lowest BCUT2D eigenvalue weighted by molar-refractivity contribution is 0.0600. The summed E-state index contributed by atoms with van der Waals surface area (Å²) in [4.78, 5) is 11.5. The summed E-state index contributed by atoms with van der Waals surface area (Å²) >= 11 is 5.61. The van der Waals surface area contributed by atoms with E-state index < -0.39 is 11.8 Å². The highest BCUT2D eigenvalue weighted by molar-refractivity contribution is 6.30. The van der Waals surface area contributed by atoms with Gasteiger partial charge in [-0.05, 0) is 35.9 Å². The molecule has 0 heterocycles. The Balaban J connectivity index is 2.15. The van der Waals surface area contributed by atoms with Crippen LogP contribution in [0.3, 0.4) is 0 Å². The van der Waals surface area contributed by atoms with E-state index in [0.29, 0.717) is 22.6 Å². The molecule has 0 aliphatic heterocycles. The van der Waals surface area contributed by atoms with E-state index in [1.54, 1.807) is 12.1 Å². The molecule has 0 bridgehead atoms. The number of hydrogen-bond acceptors (Lipinski definition) is 4. The summed E-state index contributed by atoms with van der Waals surface area (Å²) in [6.45, 7) is 0.100. The van der Waals surface area contributed by atoms with Gasteiger partial charge in [-0.3, -0.25) is 0 Å². The second kappa shape index (κ2) is 6.45. The average Bonchev–Trinajstić information content (AvgIpc) is 2.49. The maximum absolute atomic E-state index is 13.3. The van der Waals surface area contributed by atoms with Crippen LogP contribution in [0.1, 0.15) is 15.9 Å². The van der Waals surface area contributed by atoms with Crippen molar-refractivity contribution in [2.24, 2.45) is 0 Å². The van der Waals surface area contributed by atoms with Crippen molar-refractivity contribution < 1.29 is 18.7 Å². The van der Waals surface area contributed by atoms with Gasteiger partial charge in [0.25, 0.3) is 0 Å². The molecule has 0 saturated carbocycles. The lowest BCUT2D eigenvalue weighted by atomic mass is 10.2. The molecule has 0 aromatic heterocycles. The van der Waals surface area contributed by atoms with E-state index in [-0.39, 0.29) is 11.6 Å². The van der Waals surface area contributed by atoms with Crippen LogP contribution < -0.4 is 10.5 Å². The summed E-state index contributed by atoms with van der Waals surface area (Å²) in [7, 11) is 1.29. The number of benzene rings is 2. The van der Waals surface area contributed by atoms with Crippen molar-refractivity contribution in [1.82, 2.24) is 0 Å². The molecule has 4 nitrogen and oxygen atoms in total. The molecule has 0 atom stereocenters. The highest BCUT2D eigenvalue weighted by atomic mass is 35.5. The number of nitrogen functional groups attached to an aromatic ring is 1. The SMILES string of the molecule is COC(=O)c1ccc(N)c(OCc2ccc(Cl)c(F)c2)c1. The number of esters is 1. The van der Waals surface area contributed by atoms with Crippen LogP contribution in [-0.2, 0) is 11.3 Å². The molecule has 2 N–H and O–H groups in total. The lowest BCUT2D eigenvalue weighted by Crippen LogP contribution is -2.04. The van der Waals surface area contributed by atoms with Crippen molar-refractivity contribution in [3.05, 3.63) is 58.4 Å². The van der Waals surface area contributed by atoms with Crippen molar-refractivity contribution >= 4 is 23.3 Å². The summed E-state index contributed by atoms with van der Waals surface area (Å²) in [5.41, 5.74) is 7.07. The number of methoxy groups -OCH3 is 1. The van der Waals surface area contributed by atoms with Crippen molar-refractivity contribution in [2.45, 2.75) is 6.61 Å². The van der Waals surface area contributed by atoms with Gasteiger partial charge in [0.1, 0.15) is 18.2 Å². The van der Waals surface area contributed by atoms with E-state index in [1.807, 2.05) is 0 Å². The fraction of sp³-hybridized carbons (Fsp3) is 0.133. The third-order valence-electron chi connectivity index (χ3n) is 2.81. The van der Waals surface area contributed by atoms with Crippen LogP contribution in [0, 0.1) is 5.82 Å². The first-order valence-corrected chi connectivity index (χ1v) is 6.43. The third-order valence-corrected chi connectivity index (χ3v) is 3.12. The van der Waals surface area contributed by atoms with Crippen molar-refractivity contribution in [2.75, 3.05) is 12.8 Å². The van der Waals surface area contributed by atoms with Crippen LogP contribution in [-0.4, -0.2) is 13.1 Å². The Morgan fingerprint density at radius 2 is 2.05 bits per heavy atom. The molecule has 0 fully saturated rings. The quantitative estimate of drug-likeness (QED) is 0.694. The van der Waals surface area contributed by atoms with Gasteiger partial charge in [-0.1, -0.05) is 17.7 Å². The van der Waals surface area contributed by atoms with Gasteiger partial charge < -0.3 is 15.2 Å². The first kappa shape index (κ1) is 15.1. The Kier molecular flexibility index (Phi) is 4.65. The highest BCUT2D eigenvalue weighted by Crippen LogP contribution is 2.25. The van der Waals surface area contributed by atoms with E-state index >= 15 is 0 Å². The molecule has 0 aliphatic rings. The number of carbonyl (C=O) groups is 1. The zero-order valence-corrected chi connectivity index (χ0v) is 12.0. The van der Waals surface area contributed by atoms with Gasteiger partial charge >= 0.3 is 5.97 Å². The summed E-state index contributed by atoms with van der Waals surface area (Å²) in [5.74, 6) is -0.681. The fourth-order valence-corrected chi connectivity index (χ4v) is 1.81. The highest BCUT2D eigenvalue weighted by Gasteiger charge is 2.10. The molecule has 21 heavy (non-hydrogen) atoms. The Labute approximate surface area is 126 Å². The molecule has 2 aromatic carbocycles. The number of nitrogens with two attached hydrogens (primary N) is 1. The fourth-order valence-electron chi connectivity index (χ4n) is 1.69. The minimum absolute atomic E-state index is 0.0472. The molecule has 6 heteroatoms. The first-order valence-electron chi connectivity index (χ1n) is 6.06. The number of carbonyl (C=O) groups excluding carboxylic acids is 1. The number of anilines is 1. The molecule has 0 saturated heterocycles. The van der Waals surface area contributed by atoms with Crippen LogP contribution >= 0.6 is 11.6 Å². The molecule has 2 aromatic rings. The van der Waals surface area contributed by atoms with E-state index in [4.69, 9.17) is 22.1 Å². The maximum Gasteiger partial charge on any atom is 0.337 e. The number of ether oxygens (including phenoxy) is 2. The molecule has 2 rings (SSSR count). The molecule has 110 valence electrons. The van der Waals surface area contributed by atoms with Crippen LogP contribution in [0.4, 0.5) is 10.1 Å². The number of rotatable bonds is 4. The Hall–Kier alpha value is -2.27. The van der Waals surface area contributed by atoms with Crippen molar-refractivity contribution in [1.29, 1.82) is 0 Å². The molecule has 0 radical (unpaired) electrons. The monoisotopic (exact) mass is 309 g/mol. The summed E-state index contributed by atoms with van der Waals surface area (Å²) in [6.07, 6.45) is 0. The molecule has 0 aliphatic carbocycles. The smallest absolute Gasteiger partial charge is 0.337 e. The third kappa shape index (κ3) is 3.64. The standard InChI is InChI=1S/C15H13ClFNO3/c1-20-15(19)10-3-5-13(18)14(7-10)21-8-9-2-4-11(16)12(17)6-9/h2-7H,8,18H2,1H3. The normalized spacial score (nSPS) is 10.2. The van der Waals surface area contributed by atoms with Gasteiger partial charge in [0.2, 0.25) is 0 Å². The van der Waals surface area contributed by atoms with Gasteiger partial charge in [-0.25, -0.2) is 9.18 Å². The lowest BCUT2D eigenvalue weighted by Gasteiger charge is -2.10. The molecular weight excluding hydrogens is 297 g/mol. The molecule has 0 unspecified atom stereocenters. The van der Waals surface area contributed by atoms with Crippen LogP contribution in [0.25, 0.3) is 0 Å². The predicted octanol–water partition coefficient (Wildman–Crippen LogP) is 3.43. The van der Waals surface area contributed by atoms with Gasteiger partial charge in [0.15, 0.2) is 0 Å². The zero-order chi connectivity index (χ0) is 15.4. The van der Waals surface area contributed by atoms with E-state index in [1.165, 1.54) is 31.4 Å².